The van der Waals surface area contributed by atoms with Crippen molar-refractivity contribution in [3.8, 4) is 0 Å². The van der Waals surface area contributed by atoms with Crippen molar-refractivity contribution in [1.29, 1.82) is 0 Å². The Morgan fingerprint density at radius 2 is 1.93 bits per heavy atom. The number of pyridine rings is 1. The van der Waals surface area contributed by atoms with Crippen molar-refractivity contribution < 1.29 is 8.42 Å². The van der Waals surface area contributed by atoms with Crippen LogP contribution in [0.3, 0.4) is 0 Å². The average Bonchev–Trinajstić information content (AvgIpc) is 3.11. The van der Waals surface area contributed by atoms with Gasteiger partial charge in [0.05, 0.1) is 4.90 Å². The van der Waals surface area contributed by atoms with E-state index in [0.717, 1.165) is 24.4 Å². The number of rotatable bonds is 6. The minimum absolute atomic E-state index is 0.273. The molecule has 2 heterocycles. The van der Waals surface area contributed by atoms with Gasteiger partial charge >= 0.3 is 0 Å². The molecule has 0 fully saturated rings. The predicted molar refractivity (Wildman–Crippen MR) is 111 cm³/mol. The molecule has 1 unspecified atom stereocenters. The number of aromatic nitrogens is 3. The molecule has 1 aliphatic rings. The highest BCUT2D eigenvalue weighted by atomic mass is 32.2. The van der Waals surface area contributed by atoms with E-state index in [-0.39, 0.29) is 4.90 Å². The highest BCUT2D eigenvalue weighted by molar-refractivity contribution is 7.99. The van der Waals surface area contributed by atoms with Crippen molar-refractivity contribution in [3.05, 3.63) is 53.7 Å². The monoisotopic (exact) mass is 416 g/mol. The first kappa shape index (κ1) is 19.4. The molecule has 1 aromatic carbocycles. The molecule has 0 aliphatic heterocycles. The number of benzene rings is 1. The van der Waals surface area contributed by atoms with Crippen molar-refractivity contribution in [2.75, 3.05) is 13.1 Å². The third-order valence-electron chi connectivity index (χ3n) is 5.25. The summed E-state index contributed by atoms with van der Waals surface area (Å²) in [5.41, 5.74) is 3.40. The summed E-state index contributed by atoms with van der Waals surface area (Å²) in [4.78, 5) is 0.273. The van der Waals surface area contributed by atoms with Gasteiger partial charge in [-0.05, 0) is 42.5 Å². The summed E-state index contributed by atoms with van der Waals surface area (Å²) >= 11 is 1.66. The van der Waals surface area contributed by atoms with E-state index in [9.17, 15) is 8.42 Å². The predicted octanol–water partition coefficient (Wildman–Crippen LogP) is 3.93. The van der Waals surface area contributed by atoms with Crippen LogP contribution in [0.15, 0.2) is 52.6 Å². The van der Waals surface area contributed by atoms with E-state index in [0.29, 0.717) is 24.0 Å². The van der Waals surface area contributed by atoms with Crippen LogP contribution in [0, 0.1) is 0 Å². The normalized spacial score (nSPS) is 17.2. The molecule has 1 atom stereocenters. The van der Waals surface area contributed by atoms with Crippen molar-refractivity contribution in [2.45, 2.75) is 48.4 Å². The Bertz CT molecular complexity index is 1090. The van der Waals surface area contributed by atoms with Gasteiger partial charge in [0.25, 0.3) is 0 Å². The van der Waals surface area contributed by atoms with Crippen LogP contribution >= 0.6 is 11.8 Å². The van der Waals surface area contributed by atoms with Gasteiger partial charge in [0.15, 0.2) is 10.8 Å². The molecular formula is C20H24N4O2S2. The third-order valence-corrected chi connectivity index (χ3v) is 8.55. The Labute approximate surface area is 170 Å². The van der Waals surface area contributed by atoms with Gasteiger partial charge in [-0.1, -0.05) is 49.9 Å². The number of aryl methyl sites for hydroxylation is 1. The first-order chi connectivity index (χ1) is 13.5. The van der Waals surface area contributed by atoms with Crippen molar-refractivity contribution in [1.82, 2.24) is 18.9 Å². The Balaban J connectivity index is 1.70. The SMILES string of the molecule is CCN(CC)S(=O)(=O)c1ccc2nnc(SC3CCCc4ccccc43)n2c1. The minimum atomic E-state index is -3.52. The van der Waals surface area contributed by atoms with Crippen LogP contribution in [0.5, 0.6) is 0 Å². The number of thioether (sulfide) groups is 1. The number of hydrogen-bond acceptors (Lipinski definition) is 5. The first-order valence-corrected chi connectivity index (χ1v) is 12.0. The second-order valence-corrected chi connectivity index (χ2v) is 9.97. The van der Waals surface area contributed by atoms with Gasteiger partial charge in [0, 0.05) is 24.5 Å². The molecule has 0 spiro atoms. The lowest BCUT2D eigenvalue weighted by atomic mass is 9.91. The highest BCUT2D eigenvalue weighted by Crippen LogP contribution is 2.42. The van der Waals surface area contributed by atoms with Gasteiger partial charge in [0.2, 0.25) is 10.0 Å². The van der Waals surface area contributed by atoms with Gasteiger partial charge < -0.3 is 0 Å². The van der Waals surface area contributed by atoms with E-state index in [1.165, 1.54) is 15.4 Å². The molecule has 6 nitrogen and oxygen atoms in total. The van der Waals surface area contributed by atoms with Gasteiger partial charge in [-0.2, -0.15) is 4.31 Å². The number of fused-ring (bicyclic) bond motifs is 2. The molecule has 1 aliphatic carbocycles. The summed E-state index contributed by atoms with van der Waals surface area (Å²) in [6.07, 6.45) is 4.99. The first-order valence-electron chi connectivity index (χ1n) is 9.64. The molecule has 0 N–H and O–H groups in total. The number of hydrogen-bond donors (Lipinski definition) is 0. The van der Waals surface area contributed by atoms with Crippen LogP contribution in [0.1, 0.15) is 43.1 Å². The summed E-state index contributed by atoms with van der Waals surface area (Å²) < 4.78 is 29.0. The number of nitrogens with zero attached hydrogens (tertiary/aromatic N) is 4. The largest absolute Gasteiger partial charge is 0.276 e. The fourth-order valence-corrected chi connectivity index (χ4v) is 6.46. The Hall–Kier alpha value is -1.90. The van der Waals surface area contributed by atoms with Crippen molar-refractivity contribution in [3.63, 3.8) is 0 Å². The van der Waals surface area contributed by atoms with E-state index >= 15 is 0 Å². The van der Waals surface area contributed by atoms with Crippen LogP contribution in [0.2, 0.25) is 0 Å². The van der Waals surface area contributed by atoms with Crippen LogP contribution in [0.4, 0.5) is 0 Å². The van der Waals surface area contributed by atoms with Crippen molar-refractivity contribution >= 4 is 27.4 Å². The van der Waals surface area contributed by atoms with E-state index in [1.807, 2.05) is 13.8 Å². The molecule has 28 heavy (non-hydrogen) atoms. The lowest BCUT2D eigenvalue weighted by molar-refractivity contribution is 0.445. The molecule has 3 aromatic rings. The minimum Gasteiger partial charge on any atom is -0.276 e. The molecule has 8 heteroatoms. The van der Waals surface area contributed by atoms with Crippen LogP contribution < -0.4 is 0 Å². The number of sulfonamides is 1. The average molecular weight is 417 g/mol. The Kier molecular flexibility index (Phi) is 5.44. The smallest absolute Gasteiger partial charge is 0.244 e. The van der Waals surface area contributed by atoms with Crippen LogP contribution in [-0.2, 0) is 16.4 Å². The summed E-state index contributed by atoms with van der Waals surface area (Å²) in [5.74, 6) is 0. The topological polar surface area (TPSA) is 67.6 Å². The van der Waals surface area contributed by atoms with Crippen LogP contribution in [-0.4, -0.2) is 40.4 Å². The molecule has 4 rings (SSSR count). The summed E-state index contributed by atoms with van der Waals surface area (Å²) in [6.45, 7) is 4.58. The zero-order chi connectivity index (χ0) is 19.7. The zero-order valence-electron chi connectivity index (χ0n) is 16.1. The highest BCUT2D eigenvalue weighted by Gasteiger charge is 2.25. The molecule has 0 amide bonds. The Morgan fingerprint density at radius 3 is 2.71 bits per heavy atom. The van der Waals surface area contributed by atoms with E-state index < -0.39 is 10.0 Å². The lowest BCUT2D eigenvalue weighted by Gasteiger charge is -2.24. The van der Waals surface area contributed by atoms with Gasteiger partial charge in [-0.15, -0.1) is 10.2 Å². The van der Waals surface area contributed by atoms with E-state index in [4.69, 9.17) is 0 Å². The van der Waals surface area contributed by atoms with Gasteiger partial charge in [-0.3, -0.25) is 4.40 Å². The van der Waals surface area contributed by atoms with Gasteiger partial charge in [-0.25, -0.2) is 8.42 Å². The van der Waals surface area contributed by atoms with E-state index in [1.54, 1.807) is 34.5 Å². The molecule has 0 radical (unpaired) electrons. The maximum absolute atomic E-state index is 12.9. The molecule has 148 valence electrons. The fraction of sp³-hybridized carbons (Fsp3) is 0.400. The summed E-state index contributed by atoms with van der Waals surface area (Å²) in [7, 11) is -3.52. The maximum atomic E-state index is 12.9. The van der Waals surface area contributed by atoms with E-state index in [2.05, 4.69) is 34.5 Å². The fourth-order valence-electron chi connectivity index (χ4n) is 3.75. The summed E-state index contributed by atoms with van der Waals surface area (Å²) in [6, 6.07) is 11.9. The van der Waals surface area contributed by atoms with Crippen LogP contribution in [0.25, 0.3) is 5.65 Å². The molecule has 2 aromatic heterocycles. The second-order valence-electron chi connectivity index (χ2n) is 6.86. The maximum Gasteiger partial charge on any atom is 0.244 e. The van der Waals surface area contributed by atoms with Crippen molar-refractivity contribution in [2.24, 2.45) is 0 Å². The Morgan fingerprint density at radius 1 is 1.14 bits per heavy atom. The quantitative estimate of drug-likeness (QED) is 0.609. The lowest BCUT2D eigenvalue weighted by Crippen LogP contribution is -2.30. The molecule has 0 saturated carbocycles. The second kappa shape index (κ2) is 7.85. The zero-order valence-corrected chi connectivity index (χ0v) is 17.7. The molecular weight excluding hydrogens is 392 g/mol. The standard InChI is InChI=1S/C20H24N4O2S2/c1-3-23(4-2)28(25,26)16-12-13-19-21-22-20(24(19)14-16)27-18-11-7-9-15-8-5-6-10-17(15)18/h5-6,8,10,12-14,18H,3-4,7,9,11H2,1-2H3. The third kappa shape index (κ3) is 3.44. The molecule has 0 bridgehead atoms. The summed E-state index contributed by atoms with van der Waals surface area (Å²) in [5, 5.41) is 9.61. The van der Waals surface area contributed by atoms with Gasteiger partial charge in [0.1, 0.15) is 0 Å². The molecule has 0 saturated heterocycles.